The van der Waals surface area contributed by atoms with Gasteiger partial charge in [0.15, 0.2) is 0 Å². The van der Waals surface area contributed by atoms with E-state index in [1.54, 1.807) is 0 Å². The number of phosphoric acid groups is 1. The maximum absolute atomic E-state index is 13.4. The molecular formula is C55H97N2O7P. The Bertz CT molecular complexity index is 1390. The minimum Gasteiger partial charge on any atom is -0.756 e. The molecule has 10 heteroatoms. The van der Waals surface area contributed by atoms with E-state index in [-0.39, 0.29) is 31.3 Å². The van der Waals surface area contributed by atoms with Crippen LogP contribution in [0.2, 0.25) is 0 Å². The van der Waals surface area contributed by atoms with Crippen LogP contribution in [-0.4, -0.2) is 69.4 Å². The number of esters is 1. The first-order valence-corrected chi connectivity index (χ1v) is 27.4. The SMILES string of the molecule is CC/C=C/C=C/C=C\CCCCCCCC(=O)NC(COP(=O)([O-])OCC[N+](C)(C)C)C(/C=C/CCCCCCCCCCCCC)OC(=O)CCCCCCC\C=C/C=C/C=C/CC. The number of nitrogens with one attached hydrogen (secondary N) is 1. The molecule has 0 heterocycles. The Labute approximate surface area is 399 Å². The minimum atomic E-state index is -4.70. The van der Waals surface area contributed by atoms with E-state index in [1.165, 1.54) is 57.8 Å². The molecule has 0 aromatic rings. The molecule has 3 atom stereocenters. The summed E-state index contributed by atoms with van der Waals surface area (Å²) in [5.41, 5.74) is 0. The van der Waals surface area contributed by atoms with Gasteiger partial charge in [0.05, 0.1) is 33.8 Å². The summed E-state index contributed by atoms with van der Waals surface area (Å²) in [6.45, 7) is 6.51. The van der Waals surface area contributed by atoms with Gasteiger partial charge in [0.1, 0.15) is 19.3 Å². The molecule has 0 aromatic heterocycles. The first kappa shape index (κ1) is 62.2. The lowest BCUT2D eigenvalue weighted by atomic mass is 10.0. The van der Waals surface area contributed by atoms with E-state index in [2.05, 4.69) is 86.8 Å². The number of amides is 1. The van der Waals surface area contributed by atoms with Crippen molar-refractivity contribution < 1.29 is 37.3 Å². The number of hydrogen-bond acceptors (Lipinski definition) is 7. The zero-order valence-electron chi connectivity index (χ0n) is 42.4. The molecule has 0 saturated heterocycles. The number of quaternary nitrogens is 1. The van der Waals surface area contributed by atoms with E-state index in [4.69, 9.17) is 13.8 Å². The first-order chi connectivity index (χ1) is 31.4. The molecule has 0 spiro atoms. The lowest BCUT2D eigenvalue weighted by Gasteiger charge is -2.30. The van der Waals surface area contributed by atoms with Crippen molar-refractivity contribution in [1.29, 1.82) is 0 Å². The number of allylic oxidation sites excluding steroid dienone is 13. The lowest BCUT2D eigenvalue weighted by Crippen LogP contribution is -2.47. The number of hydrogen-bond donors (Lipinski definition) is 1. The van der Waals surface area contributed by atoms with Gasteiger partial charge in [-0.3, -0.25) is 14.2 Å². The molecule has 374 valence electrons. The third kappa shape index (κ3) is 46.1. The molecule has 65 heavy (non-hydrogen) atoms. The normalized spacial score (nSPS) is 14.6. The van der Waals surface area contributed by atoms with Gasteiger partial charge in [-0.15, -0.1) is 0 Å². The highest BCUT2D eigenvalue weighted by Crippen LogP contribution is 2.38. The first-order valence-electron chi connectivity index (χ1n) is 26.0. The highest BCUT2D eigenvalue weighted by atomic mass is 31.2. The van der Waals surface area contributed by atoms with Crippen molar-refractivity contribution in [1.82, 2.24) is 5.32 Å². The van der Waals surface area contributed by atoms with E-state index in [1.807, 2.05) is 45.4 Å². The Morgan fingerprint density at radius 2 is 0.985 bits per heavy atom. The molecule has 3 unspecified atom stereocenters. The highest BCUT2D eigenvalue weighted by molar-refractivity contribution is 7.45. The molecule has 0 aromatic carbocycles. The van der Waals surface area contributed by atoms with Crippen LogP contribution in [-0.2, 0) is 27.9 Å². The van der Waals surface area contributed by atoms with Crippen LogP contribution < -0.4 is 10.2 Å². The van der Waals surface area contributed by atoms with E-state index in [9.17, 15) is 19.0 Å². The smallest absolute Gasteiger partial charge is 0.306 e. The molecule has 0 bridgehead atoms. The van der Waals surface area contributed by atoms with Gasteiger partial charge in [-0.1, -0.05) is 202 Å². The van der Waals surface area contributed by atoms with Crippen LogP contribution in [0.4, 0.5) is 0 Å². The van der Waals surface area contributed by atoms with Gasteiger partial charge < -0.3 is 28.5 Å². The molecule has 0 aliphatic rings. The number of carbonyl (C=O) groups is 2. The summed E-state index contributed by atoms with van der Waals surface area (Å²) in [5, 5.41) is 2.99. The Morgan fingerprint density at radius 1 is 0.554 bits per heavy atom. The average Bonchev–Trinajstić information content (AvgIpc) is 3.26. The highest BCUT2D eigenvalue weighted by Gasteiger charge is 2.27. The van der Waals surface area contributed by atoms with Gasteiger partial charge in [-0.25, -0.2) is 0 Å². The Hall–Kier alpha value is -2.81. The molecule has 1 N–H and O–H groups in total. The maximum atomic E-state index is 13.4. The average molecular weight is 929 g/mol. The van der Waals surface area contributed by atoms with Gasteiger partial charge in [0.2, 0.25) is 5.91 Å². The second-order valence-electron chi connectivity index (χ2n) is 18.4. The number of carbonyl (C=O) groups excluding carboxylic acids is 2. The standard InChI is InChI=1S/C55H97N2O7P/c1-7-10-13-16-19-22-25-28-31-34-37-40-43-46-53(64-55(59)48-45-42-39-36-33-30-27-24-21-18-15-12-9-3)52(51-63-65(60,61)62-50-49-57(4,5)6)56-54(58)47-44-41-38-35-32-29-26-23-20-17-14-11-8-2/h11-12,14-15,17-18,20-21,23-24,26-27,43,46,52-53H,7-10,13,16,19,22,25,28-42,44-45,47-51H2,1-6H3,(H-,56,58,60,61)/b14-11+,15-12+,20-17+,21-18+,26-23-,27-24-,46-43+. The van der Waals surface area contributed by atoms with Gasteiger partial charge in [-0.2, -0.15) is 0 Å². The second kappa shape index (κ2) is 45.0. The Kier molecular flexibility index (Phi) is 43.1. The van der Waals surface area contributed by atoms with Gasteiger partial charge in [0.25, 0.3) is 7.82 Å². The molecule has 0 aliphatic heterocycles. The molecule has 0 saturated carbocycles. The van der Waals surface area contributed by atoms with Crippen LogP contribution in [0.3, 0.4) is 0 Å². The number of phosphoric ester groups is 1. The largest absolute Gasteiger partial charge is 0.756 e. The fourth-order valence-corrected chi connectivity index (χ4v) is 7.65. The summed E-state index contributed by atoms with van der Waals surface area (Å²) in [7, 11) is 1.14. The van der Waals surface area contributed by atoms with Crippen molar-refractivity contribution >= 4 is 19.7 Å². The second-order valence-corrected chi connectivity index (χ2v) is 19.8. The topological polar surface area (TPSA) is 114 Å². The van der Waals surface area contributed by atoms with Gasteiger partial charge >= 0.3 is 5.97 Å². The van der Waals surface area contributed by atoms with Crippen molar-refractivity contribution in [2.75, 3.05) is 40.9 Å². The van der Waals surface area contributed by atoms with Crippen LogP contribution in [0.15, 0.2) is 85.1 Å². The molecule has 0 radical (unpaired) electrons. The van der Waals surface area contributed by atoms with Crippen molar-refractivity contribution in [2.45, 2.75) is 213 Å². The summed E-state index contributed by atoms with van der Waals surface area (Å²) in [5.74, 6) is -0.597. The molecule has 0 fully saturated rings. The van der Waals surface area contributed by atoms with Crippen molar-refractivity contribution in [3.05, 3.63) is 85.1 Å². The number of likely N-dealkylation sites (N-methyl/N-ethyl adjacent to an activating group) is 1. The monoisotopic (exact) mass is 929 g/mol. The zero-order chi connectivity index (χ0) is 48.0. The molecule has 0 rings (SSSR count). The summed E-state index contributed by atoms with van der Waals surface area (Å²) in [6, 6.07) is -0.909. The molecular weight excluding hydrogens is 832 g/mol. The Morgan fingerprint density at radius 3 is 1.46 bits per heavy atom. The molecule has 1 amide bonds. The molecule has 0 aliphatic carbocycles. The summed E-state index contributed by atoms with van der Waals surface area (Å²) < 4.78 is 30.1. The predicted octanol–water partition coefficient (Wildman–Crippen LogP) is 14.5. The van der Waals surface area contributed by atoms with Gasteiger partial charge in [0, 0.05) is 12.8 Å². The van der Waals surface area contributed by atoms with Crippen molar-refractivity contribution in [3.63, 3.8) is 0 Å². The zero-order valence-corrected chi connectivity index (χ0v) is 43.3. The summed E-state index contributed by atoms with van der Waals surface area (Å²) in [6.07, 6.45) is 56.9. The quantitative estimate of drug-likeness (QED) is 0.0162. The van der Waals surface area contributed by atoms with E-state index in [0.29, 0.717) is 23.9 Å². The third-order valence-electron chi connectivity index (χ3n) is 10.9. The maximum Gasteiger partial charge on any atom is 0.306 e. The fraction of sp³-hybridized carbons (Fsp3) is 0.709. The van der Waals surface area contributed by atoms with Crippen LogP contribution in [0.25, 0.3) is 0 Å². The third-order valence-corrected chi connectivity index (χ3v) is 11.9. The van der Waals surface area contributed by atoms with Crippen LogP contribution in [0.1, 0.15) is 201 Å². The van der Waals surface area contributed by atoms with E-state index >= 15 is 0 Å². The number of nitrogens with zero attached hydrogens (tertiary/aromatic N) is 1. The lowest BCUT2D eigenvalue weighted by molar-refractivity contribution is -0.870. The van der Waals surface area contributed by atoms with Crippen molar-refractivity contribution in [2.24, 2.45) is 0 Å². The predicted molar refractivity (Wildman–Crippen MR) is 274 cm³/mol. The Balaban J connectivity index is 5.53. The van der Waals surface area contributed by atoms with Crippen molar-refractivity contribution in [3.8, 4) is 0 Å². The minimum absolute atomic E-state index is 0.0342. The summed E-state index contributed by atoms with van der Waals surface area (Å²) >= 11 is 0. The number of unbranched alkanes of at least 4 members (excludes halogenated alkanes) is 21. The fourth-order valence-electron chi connectivity index (χ4n) is 6.93. The molecule has 9 nitrogen and oxygen atoms in total. The number of ether oxygens (including phenoxy) is 1. The number of rotatable bonds is 45. The van der Waals surface area contributed by atoms with E-state index in [0.717, 1.165) is 96.3 Å². The summed E-state index contributed by atoms with van der Waals surface area (Å²) in [4.78, 5) is 39.7. The van der Waals surface area contributed by atoms with Crippen LogP contribution in [0, 0.1) is 0 Å². The van der Waals surface area contributed by atoms with E-state index < -0.39 is 26.6 Å². The van der Waals surface area contributed by atoms with Crippen LogP contribution in [0.5, 0.6) is 0 Å². The van der Waals surface area contributed by atoms with Gasteiger partial charge in [-0.05, 0) is 70.3 Å². The van der Waals surface area contributed by atoms with Crippen LogP contribution >= 0.6 is 7.82 Å².